The van der Waals surface area contributed by atoms with Crippen molar-refractivity contribution in [3.05, 3.63) is 65.0 Å². The highest BCUT2D eigenvalue weighted by Gasteiger charge is 2.20. The van der Waals surface area contributed by atoms with Crippen LogP contribution in [0.2, 0.25) is 0 Å². The molecule has 3 rings (SSSR count). The maximum absolute atomic E-state index is 13.2. The molecule has 2 aromatic rings. The molecule has 1 aliphatic rings. The first-order valence-corrected chi connectivity index (χ1v) is 7.02. The SMILES string of the molecule is Cc1cc(C(=O)NC2CNc3ccccc3C2)ccc1F. The summed E-state index contributed by atoms with van der Waals surface area (Å²) in [6.07, 6.45) is 0.801. The van der Waals surface area contributed by atoms with Crippen molar-refractivity contribution in [3.63, 3.8) is 0 Å². The second-order valence-electron chi connectivity index (χ2n) is 5.38. The fraction of sp³-hybridized carbons (Fsp3) is 0.235. The van der Waals surface area contributed by atoms with Crippen molar-refractivity contribution in [3.8, 4) is 0 Å². The van der Waals surface area contributed by atoms with Gasteiger partial charge in [-0.2, -0.15) is 0 Å². The van der Waals surface area contributed by atoms with Gasteiger partial charge in [0.05, 0.1) is 6.04 Å². The molecule has 108 valence electrons. The minimum atomic E-state index is -0.292. The van der Waals surface area contributed by atoms with Crippen LogP contribution in [0, 0.1) is 12.7 Å². The molecule has 2 N–H and O–H groups in total. The molecule has 0 saturated heterocycles. The summed E-state index contributed by atoms with van der Waals surface area (Å²) in [5.74, 6) is -0.455. The number of rotatable bonds is 2. The Labute approximate surface area is 123 Å². The molecule has 1 atom stereocenters. The predicted molar refractivity (Wildman–Crippen MR) is 81.0 cm³/mol. The Balaban J connectivity index is 1.70. The Morgan fingerprint density at radius 3 is 2.90 bits per heavy atom. The normalized spacial score (nSPS) is 16.8. The molecule has 0 aliphatic carbocycles. The standard InChI is InChI=1S/C17H17FN2O/c1-11-8-13(6-7-15(11)18)17(21)20-14-9-12-4-2-3-5-16(12)19-10-14/h2-8,14,19H,9-10H2,1H3,(H,20,21). The fourth-order valence-electron chi connectivity index (χ4n) is 2.60. The number of nitrogens with one attached hydrogen (secondary N) is 2. The maximum atomic E-state index is 13.2. The van der Waals surface area contributed by atoms with Crippen LogP contribution in [0.4, 0.5) is 10.1 Å². The van der Waals surface area contributed by atoms with Crippen molar-refractivity contribution >= 4 is 11.6 Å². The van der Waals surface area contributed by atoms with Crippen molar-refractivity contribution in [2.75, 3.05) is 11.9 Å². The van der Waals surface area contributed by atoms with E-state index in [1.54, 1.807) is 13.0 Å². The number of carbonyl (C=O) groups is 1. The molecule has 0 spiro atoms. The van der Waals surface area contributed by atoms with E-state index in [9.17, 15) is 9.18 Å². The van der Waals surface area contributed by atoms with Gasteiger partial charge >= 0.3 is 0 Å². The Kier molecular flexibility index (Phi) is 3.60. The average Bonchev–Trinajstić information content (AvgIpc) is 2.50. The summed E-state index contributed by atoms with van der Waals surface area (Å²) in [7, 11) is 0. The number of benzene rings is 2. The smallest absolute Gasteiger partial charge is 0.251 e. The second kappa shape index (κ2) is 5.56. The lowest BCUT2D eigenvalue weighted by molar-refractivity contribution is 0.0938. The Morgan fingerprint density at radius 2 is 2.10 bits per heavy atom. The molecule has 21 heavy (non-hydrogen) atoms. The fourth-order valence-corrected chi connectivity index (χ4v) is 2.60. The average molecular weight is 284 g/mol. The molecule has 0 aromatic heterocycles. The first-order valence-electron chi connectivity index (χ1n) is 7.02. The van der Waals surface area contributed by atoms with E-state index in [1.165, 1.54) is 17.7 Å². The van der Waals surface area contributed by atoms with E-state index in [4.69, 9.17) is 0 Å². The number of fused-ring (bicyclic) bond motifs is 1. The summed E-state index contributed by atoms with van der Waals surface area (Å²) in [5, 5.41) is 6.31. The van der Waals surface area contributed by atoms with E-state index < -0.39 is 0 Å². The van der Waals surface area contributed by atoms with Gasteiger partial charge in [0.1, 0.15) is 5.82 Å². The van der Waals surface area contributed by atoms with Crippen LogP contribution in [0.1, 0.15) is 21.5 Å². The third kappa shape index (κ3) is 2.89. The minimum absolute atomic E-state index is 0.0396. The second-order valence-corrected chi connectivity index (χ2v) is 5.38. The van der Waals surface area contributed by atoms with Gasteiger partial charge in [0.15, 0.2) is 0 Å². The number of carbonyl (C=O) groups excluding carboxylic acids is 1. The van der Waals surface area contributed by atoms with Crippen LogP contribution in [-0.2, 0) is 6.42 Å². The highest BCUT2D eigenvalue weighted by Crippen LogP contribution is 2.21. The Morgan fingerprint density at radius 1 is 1.29 bits per heavy atom. The van der Waals surface area contributed by atoms with E-state index in [0.29, 0.717) is 17.7 Å². The molecule has 0 radical (unpaired) electrons. The Bertz CT molecular complexity index is 684. The summed E-state index contributed by atoms with van der Waals surface area (Å²) in [5.41, 5.74) is 3.30. The molecule has 3 nitrogen and oxygen atoms in total. The molecule has 1 heterocycles. The number of halogens is 1. The number of para-hydroxylation sites is 1. The zero-order valence-electron chi connectivity index (χ0n) is 11.8. The van der Waals surface area contributed by atoms with Crippen LogP contribution in [0.15, 0.2) is 42.5 Å². The molecular weight excluding hydrogens is 267 g/mol. The van der Waals surface area contributed by atoms with Gasteiger partial charge in [0.25, 0.3) is 5.91 Å². The summed E-state index contributed by atoms with van der Waals surface area (Å²) >= 11 is 0. The first kappa shape index (κ1) is 13.6. The molecule has 4 heteroatoms. The third-order valence-electron chi connectivity index (χ3n) is 3.78. The highest BCUT2D eigenvalue weighted by atomic mass is 19.1. The van der Waals surface area contributed by atoms with Crippen LogP contribution in [-0.4, -0.2) is 18.5 Å². The Hall–Kier alpha value is -2.36. The lowest BCUT2D eigenvalue weighted by Gasteiger charge is -2.27. The van der Waals surface area contributed by atoms with Crippen LogP contribution >= 0.6 is 0 Å². The first-order chi connectivity index (χ1) is 10.1. The molecule has 0 fully saturated rings. The lowest BCUT2D eigenvalue weighted by atomic mass is 9.99. The summed E-state index contributed by atoms with van der Waals surface area (Å²) < 4.78 is 13.2. The van der Waals surface area contributed by atoms with Crippen molar-refractivity contribution in [2.24, 2.45) is 0 Å². The van der Waals surface area contributed by atoms with Gasteiger partial charge in [-0.1, -0.05) is 18.2 Å². The van der Waals surface area contributed by atoms with Crippen LogP contribution in [0.25, 0.3) is 0 Å². The number of amides is 1. The van der Waals surface area contributed by atoms with Gasteiger partial charge in [-0.25, -0.2) is 4.39 Å². The quantitative estimate of drug-likeness (QED) is 0.890. The van der Waals surface area contributed by atoms with Gasteiger partial charge in [0.2, 0.25) is 0 Å². The lowest BCUT2D eigenvalue weighted by Crippen LogP contribution is -2.43. The summed E-state index contributed by atoms with van der Waals surface area (Å²) in [6, 6.07) is 12.5. The van der Waals surface area contributed by atoms with Gasteiger partial charge in [-0.3, -0.25) is 4.79 Å². The zero-order chi connectivity index (χ0) is 14.8. The van der Waals surface area contributed by atoms with E-state index in [1.807, 2.05) is 18.2 Å². The highest BCUT2D eigenvalue weighted by molar-refractivity contribution is 5.94. The third-order valence-corrected chi connectivity index (χ3v) is 3.78. The van der Waals surface area contributed by atoms with E-state index >= 15 is 0 Å². The van der Waals surface area contributed by atoms with Gasteiger partial charge in [-0.05, 0) is 48.7 Å². The van der Waals surface area contributed by atoms with E-state index in [2.05, 4.69) is 16.7 Å². The topological polar surface area (TPSA) is 41.1 Å². The molecule has 0 saturated carbocycles. The van der Waals surface area contributed by atoms with E-state index in [-0.39, 0.29) is 17.8 Å². The van der Waals surface area contributed by atoms with Crippen LogP contribution in [0.3, 0.4) is 0 Å². The van der Waals surface area contributed by atoms with E-state index in [0.717, 1.165) is 12.1 Å². The van der Waals surface area contributed by atoms with Crippen LogP contribution < -0.4 is 10.6 Å². The number of aryl methyl sites for hydroxylation is 1. The molecule has 0 bridgehead atoms. The summed E-state index contributed by atoms with van der Waals surface area (Å²) in [4.78, 5) is 12.2. The molecule has 1 amide bonds. The maximum Gasteiger partial charge on any atom is 0.251 e. The van der Waals surface area contributed by atoms with Gasteiger partial charge in [-0.15, -0.1) is 0 Å². The van der Waals surface area contributed by atoms with Crippen molar-refractivity contribution in [1.82, 2.24) is 5.32 Å². The zero-order valence-corrected chi connectivity index (χ0v) is 11.8. The molecule has 1 aliphatic heterocycles. The number of hydrogen-bond donors (Lipinski definition) is 2. The van der Waals surface area contributed by atoms with Crippen molar-refractivity contribution in [1.29, 1.82) is 0 Å². The monoisotopic (exact) mass is 284 g/mol. The molecule has 1 unspecified atom stereocenters. The predicted octanol–water partition coefficient (Wildman–Crippen LogP) is 2.90. The molecule has 2 aromatic carbocycles. The number of hydrogen-bond acceptors (Lipinski definition) is 2. The minimum Gasteiger partial charge on any atom is -0.383 e. The van der Waals surface area contributed by atoms with Crippen molar-refractivity contribution in [2.45, 2.75) is 19.4 Å². The van der Waals surface area contributed by atoms with Crippen LogP contribution in [0.5, 0.6) is 0 Å². The van der Waals surface area contributed by atoms with Gasteiger partial charge in [0, 0.05) is 17.8 Å². The van der Waals surface area contributed by atoms with Crippen molar-refractivity contribution < 1.29 is 9.18 Å². The molecular formula is C17H17FN2O. The largest absolute Gasteiger partial charge is 0.383 e. The summed E-state index contributed by atoms with van der Waals surface area (Å²) in [6.45, 7) is 2.35. The van der Waals surface area contributed by atoms with Gasteiger partial charge < -0.3 is 10.6 Å². The number of anilines is 1.